The molecule has 0 bridgehead atoms. The Morgan fingerprint density at radius 3 is 2.56 bits per heavy atom. The van der Waals surface area contributed by atoms with E-state index >= 15 is 0 Å². The van der Waals surface area contributed by atoms with Crippen LogP contribution in [-0.2, 0) is 4.79 Å². The standard InChI is InChI=1S/C19H23N5O2S/c1-11-3-5-13(6-4-11)15(23-9-7-14(8-10-23)17(20)25)16-18(26)24-19(27-16)21-12(2)22-24/h3-6,14-15,26H,7-10H2,1-2H3,(H2,20,25)/p+1/t15-/m1/s1. The van der Waals surface area contributed by atoms with Crippen molar-refractivity contribution in [2.75, 3.05) is 13.1 Å². The zero-order valence-corrected chi connectivity index (χ0v) is 16.3. The van der Waals surface area contributed by atoms with Crippen LogP contribution in [0.15, 0.2) is 24.3 Å². The summed E-state index contributed by atoms with van der Waals surface area (Å²) in [6.45, 7) is 5.54. The molecule has 1 fully saturated rings. The lowest BCUT2D eigenvalue weighted by Crippen LogP contribution is -3.13. The summed E-state index contributed by atoms with van der Waals surface area (Å²) in [5, 5.41) is 15.1. The van der Waals surface area contributed by atoms with Gasteiger partial charge in [-0.1, -0.05) is 41.2 Å². The number of aryl methyl sites for hydroxylation is 2. The number of aromatic hydroxyl groups is 1. The minimum absolute atomic E-state index is 0.0202. The Kier molecular flexibility index (Phi) is 4.61. The van der Waals surface area contributed by atoms with E-state index in [-0.39, 0.29) is 23.7 Å². The zero-order valence-electron chi connectivity index (χ0n) is 15.5. The number of piperidine rings is 1. The van der Waals surface area contributed by atoms with Crippen LogP contribution in [0.3, 0.4) is 0 Å². The second kappa shape index (κ2) is 6.94. The number of aromatic nitrogens is 3. The Morgan fingerprint density at radius 1 is 1.30 bits per heavy atom. The molecule has 1 amide bonds. The van der Waals surface area contributed by atoms with Crippen LogP contribution < -0.4 is 10.6 Å². The summed E-state index contributed by atoms with van der Waals surface area (Å²) in [5.41, 5.74) is 7.84. The average molecular weight is 387 g/mol. The van der Waals surface area contributed by atoms with E-state index in [0.717, 1.165) is 36.4 Å². The maximum Gasteiger partial charge on any atom is 0.235 e. The number of carbonyl (C=O) groups is 1. The first-order valence-corrected chi connectivity index (χ1v) is 10.0. The van der Waals surface area contributed by atoms with Crippen molar-refractivity contribution in [3.63, 3.8) is 0 Å². The molecule has 27 heavy (non-hydrogen) atoms. The molecule has 0 aliphatic carbocycles. The van der Waals surface area contributed by atoms with Gasteiger partial charge in [-0.3, -0.25) is 4.79 Å². The molecule has 0 spiro atoms. The molecular weight excluding hydrogens is 362 g/mol. The van der Waals surface area contributed by atoms with Gasteiger partial charge in [0.25, 0.3) is 0 Å². The molecule has 0 unspecified atom stereocenters. The molecule has 0 saturated carbocycles. The van der Waals surface area contributed by atoms with E-state index in [1.54, 1.807) is 0 Å². The fourth-order valence-electron chi connectivity index (χ4n) is 3.93. The maximum absolute atomic E-state index is 11.5. The highest BCUT2D eigenvalue weighted by Gasteiger charge is 2.36. The smallest absolute Gasteiger partial charge is 0.235 e. The van der Waals surface area contributed by atoms with E-state index in [0.29, 0.717) is 10.8 Å². The van der Waals surface area contributed by atoms with Crippen LogP contribution in [0.5, 0.6) is 5.88 Å². The van der Waals surface area contributed by atoms with Crippen molar-refractivity contribution in [1.82, 2.24) is 14.6 Å². The van der Waals surface area contributed by atoms with Crippen molar-refractivity contribution in [1.29, 1.82) is 0 Å². The quantitative estimate of drug-likeness (QED) is 0.623. The number of nitrogens with two attached hydrogens (primary N) is 1. The highest BCUT2D eigenvalue weighted by atomic mass is 32.1. The van der Waals surface area contributed by atoms with Crippen molar-refractivity contribution in [3.05, 3.63) is 46.1 Å². The Bertz CT molecular complexity index is 970. The van der Waals surface area contributed by atoms with Gasteiger partial charge in [-0.25, -0.2) is 4.98 Å². The van der Waals surface area contributed by atoms with Crippen LogP contribution in [0.1, 0.15) is 40.7 Å². The van der Waals surface area contributed by atoms with Crippen LogP contribution in [0, 0.1) is 19.8 Å². The third-order valence-corrected chi connectivity index (χ3v) is 6.50. The summed E-state index contributed by atoms with van der Waals surface area (Å²) in [5.74, 6) is 0.541. The third kappa shape index (κ3) is 3.30. The topological polar surface area (TPSA) is 97.9 Å². The number of quaternary nitrogens is 1. The van der Waals surface area contributed by atoms with Gasteiger partial charge in [-0.05, 0) is 13.8 Å². The zero-order chi connectivity index (χ0) is 19.1. The highest BCUT2D eigenvalue weighted by Crippen LogP contribution is 2.35. The van der Waals surface area contributed by atoms with E-state index in [9.17, 15) is 9.90 Å². The minimum atomic E-state index is -0.210. The van der Waals surface area contributed by atoms with E-state index < -0.39 is 0 Å². The van der Waals surface area contributed by atoms with Crippen molar-refractivity contribution in [2.45, 2.75) is 32.7 Å². The van der Waals surface area contributed by atoms with Gasteiger partial charge in [-0.2, -0.15) is 4.52 Å². The number of amides is 1. The molecule has 142 valence electrons. The number of thiazole rings is 1. The first-order chi connectivity index (χ1) is 12.9. The number of hydrogen-bond acceptors (Lipinski definition) is 5. The lowest BCUT2D eigenvalue weighted by atomic mass is 9.93. The molecule has 2 aromatic heterocycles. The van der Waals surface area contributed by atoms with Crippen LogP contribution in [0.2, 0.25) is 0 Å². The molecule has 3 heterocycles. The molecule has 7 nitrogen and oxygen atoms in total. The molecular formula is C19H24N5O2S+. The van der Waals surface area contributed by atoms with Gasteiger partial charge in [0, 0.05) is 24.3 Å². The van der Waals surface area contributed by atoms with Crippen molar-refractivity contribution in [3.8, 4) is 5.88 Å². The van der Waals surface area contributed by atoms with Crippen LogP contribution in [-0.4, -0.2) is 38.7 Å². The van der Waals surface area contributed by atoms with Gasteiger partial charge in [-0.15, -0.1) is 5.10 Å². The molecule has 1 atom stereocenters. The SMILES string of the molecule is Cc1ccc([C@H](c2sc3nc(C)nn3c2O)[NH+]2CCC(C(N)=O)CC2)cc1. The molecule has 1 aliphatic heterocycles. The summed E-state index contributed by atoms with van der Waals surface area (Å²) in [6, 6.07) is 8.40. The predicted molar refractivity (Wildman–Crippen MR) is 103 cm³/mol. The van der Waals surface area contributed by atoms with Gasteiger partial charge in [0.1, 0.15) is 10.7 Å². The number of benzene rings is 1. The molecule has 1 aliphatic rings. The van der Waals surface area contributed by atoms with E-state index in [4.69, 9.17) is 5.73 Å². The van der Waals surface area contributed by atoms with Crippen molar-refractivity contribution in [2.24, 2.45) is 11.7 Å². The number of primary amides is 1. The lowest BCUT2D eigenvalue weighted by molar-refractivity contribution is -0.930. The molecule has 4 N–H and O–H groups in total. The second-order valence-electron chi connectivity index (χ2n) is 7.32. The molecule has 8 heteroatoms. The van der Waals surface area contributed by atoms with Crippen LogP contribution >= 0.6 is 11.3 Å². The Hall–Kier alpha value is -2.45. The summed E-state index contributed by atoms with van der Waals surface area (Å²) >= 11 is 1.48. The third-order valence-electron chi connectivity index (χ3n) is 5.42. The Labute approximate surface area is 161 Å². The van der Waals surface area contributed by atoms with Gasteiger partial charge in [0.15, 0.2) is 6.04 Å². The van der Waals surface area contributed by atoms with Gasteiger partial charge in [0.05, 0.1) is 13.1 Å². The Balaban J connectivity index is 1.74. The Morgan fingerprint density at radius 2 is 1.96 bits per heavy atom. The van der Waals surface area contributed by atoms with Crippen LogP contribution in [0.4, 0.5) is 0 Å². The normalized spacial score (nSPS) is 21.4. The summed E-state index contributed by atoms with van der Waals surface area (Å²) in [6.07, 6.45) is 1.54. The largest absolute Gasteiger partial charge is 0.492 e. The van der Waals surface area contributed by atoms with Gasteiger partial charge >= 0.3 is 0 Å². The lowest BCUT2D eigenvalue weighted by Gasteiger charge is -2.33. The summed E-state index contributed by atoms with van der Waals surface area (Å²) < 4.78 is 1.52. The molecule has 3 aromatic rings. The number of fused-ring (bicyclic) bond motifs is 1. The molecule has 0 radical (unpaired) electrons. The summed E-state index contributed by atoms with van der Waals surface area (Å²) in [7, 11) is 0. The molecule has 1 saturated heterocycles. The number of carbonyl (C=O) groups excluding carboxylic acids is 1. The van der Waals surface area contributed by atoms with E-state index in [1.165, 1.54) is 26.3 Å². The number of rotatable bonds is 4. The van der Waals surface area contributed by atoms with Gasteiger partial charge in [0.2, 0.25) is 16.7 Å². The predicted octanol–water partition coefficient (Wildman–Crippen LogP) is 0.983. The fourth-order valence-corrected chi connectivity index (χ4v) is 5.12. The number of nitrogens with one attached hydrogen (secondary N) is 1. The first-order valence-electron chi connectivity index (χ1n) is 9.19. The second-order valence-corrected chi connectivity index (χ2v) is 8.33. The fraction of sp³-hybridized carbons (Fsp3) is 0.421. The van der Waals surface area contributed by atoms with Crippen LogP contribution in [0.25, 0.3) is 4.96 Å². The average Bonchev–Trinajstić information content (AvgIpc) is 3.15. The first kappa shape index (κ1) is 17.9. The highest BCUT2D eigenvalue weighted by molar-refractivity contribution is 7.17. The molecule has 4 rings (SSSR count). The van der Waals surface area contributed by atoms with Crippen molar-refractivity contribution >= 4 is 22.2 Å². The number of likely N-dealkylation sites (tertiary alicyclic amines) is 1. The minimum Gasteiger partial charge on any atom is -0.492 e. The van der Waals surface area contributed by atoms with E-state index in [2.05, 4.69) is 41.3 Å². The van der Waals surface area contributed by atoms with Crippen molar-refractivity contribution < 1.29 is 14.8 Å². The summed E-state index contributed by atoms with van der Waals surface area (Å²) in [4.78, 5) is 18.8. The van der Waals surface area contributed by atoms with Gasteiger partial charge < -0.3 is 15.7 Å². The van der Waals surface area contributed by atoms with E-state index in [1.807, 2.05) is 6.92 Å². The monoisotopic (exact) mass is 386 g/mol. The molecule has 1 aromatic carbocycles. The number of nitrogens with zero attached hydrogens (tertiary/aromatic N) is 3. The maximum atomic E-state index is 11.5. The number of hydrogen-bond donors (Lipinski definition) is 3.